The summed E-state index contributed by atoms with van der Waals surface area (Å²) in [7, 11) is 0. The van der Waals surface area contributed by atoms with Gasteiger partial charge in [0.1, 0.15) is 11.6 Å². The minimum atomic E-state index is -5.64. The Morgan fingerprint density at radius 3 is 1.69 bits per heavy atom. The van der Waals surface area contributed by atoms with E-state index in [9.17, 15) is 21.7 Å². The lowest BCUT2D eigenvalue weighted by molar-refractivity contribution is 0.484. The Morgan fingerprint density at radius 1 is 1.00 bits per heavy atom. The van der Waals surface area contributed by atoms with Gasteiger partial charge in [-0.3, -0.25) is 0 Å². The maximum Gasteiger partial charge on any atom is 0.515 e. The lowest BCUT2D eigenvalue weighted by Crippen LogP contribution is -2.39. The van der Waals surface area contributed by atoms with Crippen molar-refractivity contribution in [1.29, 1.82) is 0 Å². The first-order chi connectivity index (χ1) is 5.82. The van der Waals surface area contributed by atoms with Gasteiger partial charge in [0.25, 0.3) is 0 Å². The quantitative estimate of drug-likeness (QED) is 0.538. The molecule has 0 saturated carbocycles. The highest BCUT2D eigenvalue weighted by atomic mass is 79.9. The molecule has 0 spiro atoms. The Morgan fingerprint density at radius 2 is 1.38 bits per heavy atom. The molecule has 72 valence electrons. The van der Waals surface area contributed by atoms with Crippen LogP contribution in [0, 0.1) is 11.6 Å². The van der Waals surface area contributed by atoms with E-state index >= 15 is 0 Å². The molecule has 0 nitrogen and oxygen atoms in total. The molecular weight excluding hydrogens is 258 g/mol. The summed E-state index contributed by atoms with van der Waals surface area (Å²) in [6.45, 7) is -5.64. The van der Waals surface area contributed by atoms with Gasteiger partial charge in [-0.2, -0.15) is 0 Å². The van der Waals surface area contributed by atoms with E-state index in [-0.39, 0.29) is 4.47 Å². The molecule has 0 bridgehead atoms. The van der Waals surface area contributed by atoms with Gasteiger partial charge in [0.2, 0.25) is 0 Å². The third-order valence-electron chi connectivity index (χ3n) is 1.37. The second kappa shape index (κ2) is 3.28. The third kappa shape index (κ3) is 2.21. The predicted octanol–water partition coefficient (Wildman–Crippen LogP) is 2.78. The first kappa shape index (κ1) is 10.5. The Labute approximate surface area is 78.9 Å². The molecule has 1 rings (SSSR count). The number of benzene rings is 1. The van der Waals surface area contributed by atoms with E-state index < -0.39 is 24.1 Å². The molecule has 0 heterocycles. The van der Waals surface area contributed by atoms with Crippen molar-refractivity contribution < 1.29 is 21.7 Å². The van der Waals surface area contributed by atoms with E-state index in [0.717, 1.165) is 0 Å². The van der Waals surface area contributed by atoms with Crippen molar-refractivity contribution in [1.82, 2.24) is 0 Å². The summed E-state index contributed by atoms with van der Waals surface area (Å²) in [6.07, 6.45) is 0. The molecule has 0 fully saturated rings. The molecule has 13 heavy (non-hydrogen) atoms. The van der Waals surface area contributed by atoms with Gasteiger partial charge in [-0.1, -0.05) is 15.9 Å². The smallest absolute Gasteiger partial charge is 0.445 e. The van der Waals surface area contributed by atoms with E-state index in [4.69, 9.17) is 0 Å². The molecule has 0 aliphatic carbocycles. The fraction of sp³-hybridized carbons (Fsp3) is 0. The molecule has 0 aromatic heterocycles. The first-order valence-electron chi connectivity index (χ1n) is 3.16. The number of hydrogen-bond acceptors (Lipinski definition) is 0. The highest BCUT2D eigenvalue weighted by molar-refractivity contribution is 9.10. The van der Waals surface area contributed by atoms with Crippen LogP contribution < -0.4 is 5.46 Å². The minimum absolute atomic E-state index is 0.0636. The third-order valence-corrected chi connectivity index (χ3v) is 1.83. The van der Waals surface area contributed by atoms with Gasteiger partial charge < -0.3 is 12.9 Å². The zero-order valence-corrected chi connectivity index (χ0v) is 7.59. The van der Waals surface area contributed by atoms with E-state index in [0.29, 0.717) is 12.1 Å². The summed E-state index contributed by atoms with van der Waals surface area (Å²) in [5, 5.41) is 0. The molecule has 0 N–H and O–H groups in total. The Hall–Kier alpha value is -0.585. The van der Waals surface area contributed by atoms with Crippen molar-refractivity contribution in [2.45, 2.75) is 0 Å². The molecule has 0 aliphatic rings. The molecule has 0 atom stereocenters. The van der Waals surface area contributed by atoms with Crippen LogP contribution in [0.5, 0.6) is 0 Å². The summed E-state index contributed by atoms with van der Waals surface area (Å²) >= 11 is 2.67. The van der Waals surface area contributed by atoms with Crippen LogP contribution in [0.25, 0.3) is 0 Å². The largest absolute Gasteiger partial charge is 0.515 e. The summed E-state index contributed by atoms with van der Waals surface area (Å²) in [5.74, 6) is -3.20. The van der Waals surface area contributed by atoms with Crippen molar-refractivity contribution in [2.24, 2.45) is 0 Å². The maximum absolute atomic E-state index is 12.6. The molecule has 0 radical (unpaired) electrons. The average Bonchev–Trinajstić information content (AvgIpc) is 1.78. The van der Waals surface area contributed by atoms with E-state index in [1.54, 1.807) is 0 Å². The van der Waals surface area contributed by atoms with Crippen molar-refractivity contribution in [3.05, 3.63) is 28.2 Å². The van der Waals surface area contributed by atoms with Crippen LogP contribution in [0.3, 0.4) is 0 Å². The Kier molecular flexibility index (Phi) is 2.65. The topological polar surface area (TPSA) is 0 Å². The van der Waals surface area contributed by atoms with Crippen LogP contribution >= 0.6 is 15.9 Å². The second-order valence-corrected chi connectivity index (χ2v) is 3.27. The van der Waals surface area contributed by atoms with Gasteiger partial charge in [0, 0.05) is 4.47 Å². The molecule has 7 heteroatoms. The van der Waals surface area contributed by atoms with Gasteiger partial charge in [-0.15, -0.1) is 0 Å². The summed E-state index contributed by atoms with van der Waals surface area (Å²) in [5.41, 5.74) is -1.80. The standard InChI is InChI=1S/C6H2BBrF5/c8-3-1-4(9)6(5(10)2-3)7(11,12)13/h1-2H/q-1. The van der Waals surface area contributed by atoms with Crippen molar-refractivity contribution in [3.8, 4) is 0 Å². The highest BCUT2D eigenvalue weighted by Crippen LogP contribution is 2.18. The molecule has 0 amide bonds. The molecule has 1 aromatic rings. The monoisotopic (exact) mass is 259 g/mol. The van der Waals surface area contributed by atoms with E-state index in [2.05, 4.69) is 15.9 Å². The van der Waals surface area contributed by atoms with Crippen molar-refractivity contribution in [2.75, 3.05) is 0 Å². The van der Waals surface area contributed by atoms with Gasteiger partial charge in [-0.25, -0.2) is 8.78 Å². The van der Waals surface area contributed by atoms with Crippen LogP contribution in [0.2, 0.25) is 0 Å². The van der Waals surface area contributed by atoms with E-state index in [1.807, 2.05) is 0 Å². The van der Waals surface area contributed by atoms with Crippen LogP contribution in [-0.2, 0) is 0 Å². The van der Waals surface area contributed by atoms with Crippen molar-refractivity contribution in [3.63, 3.8) is 0 Å². The van der Waals surface area contributed by atoms with Gasteiger partial charge >= 0.3 is 6.98 Å². The predicted molar refractivity (Wildman–Crippen MR) is 42.8 cm³/mol. The van der Waals surface area contributed by atoms with Crippen LogP contribution in [0.1, 0.15) is 0 Å². The van der Waals surface area contributed by atoms with Crippen LogP contribution in [-0.4, -0.2) is 6.98 Å². The Bertz CT molecular complexity index is 311. The lowest BCUT2D eigenvalue weighted by atomic mass is 9.79. The molecular formula is C6H2BBrF5-. The van der Waals surface area contributed by atoms with Gasteiger partial charge in [0.05, 0.1) is 0 Å². The van der Waals surface area contributed by atoms with Gasteiger partial charge in [-0.05, 0) is 17.6 Å². The lowest BCUT2D eigenvalue weighted by Gasteiger charge is -2.16. The SMILES string of the molecule is Fc1cc(Br)cc(F)c1[B-](F)(F)F. The number of rotatable bonds is 1. The van der Waals surface area contributed by atoms with E-state index in [1.165, 1.54) is 0 Å². The minimum Gasteiger partial charge on any atom is -0.445 e. The zero-order valence-electron chi connectivity index (χ0n) is 6.00. The van der Waals surface area contributed by atoms with Gasteiger partial charge in [0.15, 0.2) is 0 Å². The maximum atomic E-state index is 12.6. The number of hydrogen-bond donors (Lipinski definition) is 0. The fourth-order valence-electron chi connectivity index (χ4n) is 0.866. The second-order valence-electron chi connectivity index (χ2n) is 2.36. The molecule has 0 aliphatic heterocycles. The zero-order chi connectivity index (χ0) is 10.2. The Balaban J connectivity index is 3.38. The summed E-state index contributed by atoms with van der Waals surface area (Å²) < 4.78 is 61.2. The average molecular weight is 260 g/mol. The van der Waals surface area contributed by atoms with Crippen molar-refractivity contribution >= 4 is 28.4 Å². The fourth-order valence-corrected chi connectivity index (χ4v) is 1.27. The molecule has 1 aromatic carbocycles. The molecule has 0 unspecified atom stereocenters. The van der Waals surface area contributed by atoms with Crippen LogP contribution in [0.4, 0.5) is 21.7 Å². The summed E-state index contributed by atoms with van der Waals surface area (Å²) in [4.78, 5) is 0. The molecule has 0 saturated heterocycles. The van der Waals surface area contributed by atoms with Crippen LogP contribution in [0.15, 0.2) is 16.6 Å². The summed E-state index contributed by atoms with van der Waals surface area (Å²) in [6, 6.07) is 1.15. The highest BCUT2D eigenvalue weighted by Gasteiger charge is 2.32. The normalized spacial score (nSPS) is 11.8. The number of halogens is 6. The first-order valence-corrected chi connectivity index (χ1v) is 3.96.